The Hall–Kier alpha value is -2.55. The first-order chi connectivity index (χ1) is 17.7. The quantitative estimate of drug-likeness (QED) is 0.306. The summed E-state index contributed by atoms with van der Waals surface area (Å²) in [5.41, 5.74) is -4.38. The van der Waals surface area contributed by atoms with Crippen molar-refractivity contribution < 1.29 is 50.0 Å². The number of nitrogens with one attached hydrogen (secondary N) is 1. The van der Waals surface area contributed by atoms with Crippen LogP contribution in [0.25, 0.3) is 0 Å². The molecule has 0 radical (unpaired) electrons. The van der Waals surface area contributed by atoms with Crippen LogP contribution in [-0.4, -0.2) is 52.8 Å². The van der Waals surface area contributed by atoms with Crippen LogP contribution in [0.3, 0.4) is 0 Å². The van der Waals surface area contributed by atoms with Crippen molar-refractivity contribution in [1.29, 1.82) is 0 Å². The van der Waals surface area contributed by atoms with Crippen molar-refractivity contribution in [2.24, 2.45) is 0 Å². The fourth-order valence-corrected chi connectivity index (χ4v) is 5.59. The standard InChI is InChI=1S/C21H20ClF4N2O9P/c1-20(23)16(36-18(30)21(24,25)26)14(35-17(20)28-7-5-15(29)27-19(28)31)10-34-38(32)33-8-6-13(37-38)11-3-2-4-12(22)9-11/h2-5,7,9,13-14,16-17H,6,8,10H2,1H3,(H,27,29,31)/t13-,14+,16+,17+,20+,38?/m0/s1. The predicted molar refractivity (Wildman–Crippen MR) is 120 cm³/mol. The van der Waals surface area contributed by atoms with Crippen molar-refractivity contribution >= 4 is 25.4 Å². The lowest BCUT2D eigenvalue weighted by Gasteiger charge is -2.30. The summed E-state index contributed by atoms with van der Waals surface area (Å²) in [5, 5.41) is 0.382. The third-order valence-electron chi connectivity index (χ3n) is 5.75. The van der Waals surface area contributed by atoms with Crippen LogP contribution in [0.5, 0.6) is 0 Å². The van der Waals surface area contributed by atoms with Gasteiger partial charge in [0.05, 0.1) is 19.3 Å². The smallest absolute Gasteiger partial charge is 0.449 e. The largest absolute Gasteiger partial charge is 0.490 e. The Balaban J connectivity index is 1.57. The molecule has 2 aromatic rings. The molecule has 1 unspecified atom stereocenters. The Morgan fingerprint density at radius 3 is 2.71 bits per heavy atom. The number of phosphoric ester groups is 1. The lowest BCUT2D eigenvalue weighted by molar-refractivity contribution is -0.211. The molecule has 38 heavy (non-hydrogen) atoms. The molecule has 0 spiro atoms. The van der Waals surface area contributed by atoms with Crippen molar-refractivity contribution in [1.82, 2.24) is 9.55 Å². The molecule has 2 aliphatic heterocycles. The number of carbonyl (C=O) groups excluding carboxylic acids is 1. The molecule has 0 saturated carbocycles. The van der Waals surface area contributed by atoms with E-state index in [4.69, 9.17) is 29.9 Å². The molecule has 1 aromatic heterocycles. The van der Waals surface area contributed by atoms with Gasteiger partial charge in [0.2, 0.25) is 0 Å². The number of rotatable bonds is 6. The molecular weight excluding hydrogens is 567 g/mol. The summed E-state index contributed by atoms with van der Waals surface area (Å²) in [6.45, 7) is -0.291. The van der Waals surface area contributed by atoms with Gasteiger partial charge in [0.25, 0.3) is 5.56 Å². The number of aromatic nitrogens is 2. The highest BCUT2D eigenvalue weighted by Crippen LogP contribution is 2.57. The second kappa shape index (κ2) is 10.5. The second-order valence-electron chi connectivity index (χ2n) is 8.53. The minimum absolute atomic E-state index is 0.0946. The van der Waals surface area contributed by atoms with Gasteiger partial charge in [0.1, 0.15) is 6.10 Å². The first-order valence-electron chi connectivity index (χ1n) is 11.0. The summed E-state index contributed by atoms with van der Waals surface area (Å²) < 4.78 is 93.9. The molecule has 17 heteroatoms. The van der Waals surface area contributed by atoms with Gasteiger partial charge >= 0.3 is 25.7 Å². The monoisotopic (exact) mass is 586 g/mol. The van der Waals surface area contributed by atoms with Gasteiger partial charge in [0.15, 0.2) is 18.0 Å². The molecule has 1 aromatic carbocycles. The normalized spacial score (nSPS) is 31.7. The van der Waals surface area contributed by atoms with E-state index in [1.165, 1.54) is 0 Å². The number of halogens is 5. The van der Waals surface area contributed by atoms with Gasteiger partial charge < -0.3 is 9.47 Å². The van der Waals surface area contributed by atoms with Crippen LogP contribution in [0.15, 0.2) is 46.1 Å². The zero-order chi connectivity index (χ0) is 27.9. The molecule has 3 heterocycles. The number of carbonyl (C=O) groups is 1. The third kappa shape index (κ3) is 6.03. The second-order valence-corrected chi connectivity index (χ2v) is 10.6. The minimum Gasteiger partial charge on any atom is -0.449 e. The number of benzene rings is 1. The van der Waals surface area contributed by atoms with Gasteiger partial charge in [-0.05, 0) is 24.6 Å². The van der Waals surface area contributed by atoms with E-state index in [2.05, 4.69) is 4.74 Å². The Kier molecular flexibility index (Phi) is 7.90. The summed E-state index contributed by atoms with van der Waals surface area (Å²) >= 11 is 5.98. The van der Waals surface area contributed by atoms with E-state index >= 15 is 4.39 Å². The number of phosphoric acid groups is 1. The summed E-state index contributed by atoms with van der Waals surface area (Å²) in [7, 11) is -4.37. The van der Waals surface area contributed by atoms with Crippen LogP contribution in [0.1, 0.15) is 31.2 Å². The zero-order valence-corrected chi connectivity index (χ0v) is 21.0. The highest BCUT2D eigenvalue weighted by molar-refractivity contribution is 7.48. The third-order valence-corrected chi connectivity index (χ3v) is 7.46. The Morgan fingerprint density at radius 2 is 2.05 bits per heavy atom. The summed E-state index contributed by atoms with van der Waals surface area (Å²) in [6, 6.07) is 7.31. The minimum atomic E-state index is -5.49. The highest BCUT2D eigenvalue weighted by atomic mass is 35.5. The van der Waals surface area contributed by atoms with E-state index in [0.717, 1.165) is 19.2 Å². The van der Waals surface area contributed by atoms with Crippen molar-refractivity contribution in [3.8, 4) is 0 Å². The average molecular weight is 587 g/mol. The number of aromatic amines is 1. The fourth-order valence-electron chi connectivity index (χ4n) is 4.00. The van der Waals surface area contributed by atoms with Crippen LogP contribution >= 0.6 is 19.4 Å². The molecule has 0 bridgehead atoms. The van der Waals surface area contributed by atoms with Crippen molar-refractivity contribution in [3.05, 3.63) is 68.0 Å². The number of H-pyrrole nitrogens is 1. The molecule has 0 aliphatic carbocycles. The van der Waals surface area contributed by atoms with Gasteiger partial charge in [-0.3, -0.25) is 27.9 Å². The number of esters is 1. The number of hydrogen-bond acceptors (Lipinski definition) is 9. The van der Waals surface area contributed by atoms with E-state index in [1.54, 1.807) is 24.3 Å². The molecule has 4 rings (SSSR count). The van der Waals surface area contributed by atoms with Crippen LogP contribution in [-0.2, 0) is 32.4 Å². The Bertz CT molecular complexity index is 1360. The van der Waals surface area contributed by atoms with Gasteiger partial charge in [-0.2, -0.15) is 13.2 Å². The maximum Gasteiger partial charge on any atom is 0.490 e. The summed E-state index contributed by atoms with van der Waals surface area (Å²) in [4.78, 5) is 37.0. The summed E-state index contributed by atoms with van der Waals surface area (Å²) in [6.07, 6.45) is -11.2. The number of alkyl halides is 4. The first-order valence-corrected chi connectivity index (χ1v) is 12.8. The van der Waals surface area contributed by atoms with Crippen molar-refractivity contribution in [3.63, 3.8) is 0 Å². The van der Waals surface area contributed by atoms with Crippen LogP contribution < -0.4 is 11.2 Å². The maximum absolute atomic E-state index is 15.9. The number of nitrogens with zero attached hydrogens (tertiary/aromatic N) is 1. The Morgan fingerprint density at radius 1 is 1.32 bits per heavy atom. The molecule has 2 aliphatic rings. The highest BCUT2D eigenvalue weighted by Gasteiger charge is 2.60. The molecule has 6 atom stereocenters. The predicted octanol–water partition coefficient (Wildman–Crippen LogP) is 3.59. The van der Waals surface area contributed by atoms with Crippen LogP contribution in [0, 0.1) is 0 Å². The van der Waals surface area contributed by atoms with E-state index in [9.17, 15) is 32.1 Å². The maximum atomic E-state index is 15.9. The van der Waals surface area contributed by atoms with Crippen molar-refractivity contribution in [2.45, 2.75) is 49.7 Å². The molecule has 2 saturated heterocycles. The van der Waals surface area contributed by atoms with E-state index in [-0.39, 0.29) is 13.0 Å². The molecule has 0 amide bonds. The number of hydrogen-bond donors (Lipinski definition) is 1. The number of ether oxygens (including phenoxy) is 2. The lowest BCUT2D eigenvalue weighted by atomic mass is 9.98. The van der Waals surface area contributed by atoms with E-state index < -0.39 is 68.0 Å². The summed E-state index contributed by atoms with van der Waals surface area (Å²) in [5.74, 6) is -2.73. The molecule has 208 valence electrons. The molecule has 1 N–H and O–H groups in total. The topological polar surface area (TPSA) is 135 Å². The molecule has 11 nitrogen and oxygen atoms in total. The SMILES string of the molecule is C[C@@]1(F)[C@H](OC(=O)C(F)(F)F)[C@@H](COP2(=O)OCC[C@@H](c3cccc(Cl)c3)O2)O[C@H]1n1ccc(=O)[nH]c1=O. The van der Waals surface area contributed by atoms with Gasteiger partial charge in [-0.1, -0.05) is 23.7 Å². The van der Waals surface area contributed by atoms with Crippen molar-refractivity contribution in [2.75, 3.05) is 13.2 Å². The lowest BCUT2D eigenvalue weighted by Crippen LogP contribution is -2.47. The Labute approximate surface area is 216 Å². The molecular formula is C21H20ClF4N2O9P. The van der Waals surface area contributed by atoms with E-state index in [1.807, 2.05) is 4.98 Å². The average Bonchev–Trinajstić information content (AvgIpc) is 3.07. The fraction of sp³-hybridized carbons (Fsp3) is 0.476. The zero-order valence-electron chi connectivity index (χ0n) is 19.4. The van der Waals surface area contributed by atoms with Crippen LogP contribution in [0.2, 0.25) is 5.02 Å². The van der Waals surface area contributed by atoms with Gasteiger partial charge in [-0.25, -0.2) is 18.5 Å². The van der Waals surface area contributed by atoms with Crippen LogP contribution in [0.4, 0.5) is 17.6 Å². The van der Waals surface area contributed by atoms with E-state index in [0.29, 0.717) is 15.2 Å². The van der Waals surface area contributed by atoms with Gasteiger partial charge in [0, 0.05) is 23.7 Å². The first kappa shape index (κ1) is 28.5. The molecule has 2 fully saturated rings. The van der Waals surface area contributed by atoms with Gasteiger partial charge in [-0.15, -0.1) is 0 Å².